The van der Waals surface area contributed by atoms with Crippen molar-refractivity contribution in [3.05, 3.63) is 12.7 Å². The lowest BCUT2D eigenvalue weighted by Gasteiger charge is -2.16. The van der Waals surface area contributed by atoms with E-state index in [2.05, 4.69) is 6.58 Å². The highest BCUT2D eigenvalue weighted by Gasteiger charge is 2.20. The lowest BCUT2D eigenvalue weighted by atomic mass is 10.0. The molecule has 0 aliphatic rings. The molecule has 1 atom stereocenters. The summed E-state index contributed by atoms with van der Waals surface area (Å²) in [6.07, 6.45) is 1.54. The van der Waals surface area contributed by atoms with Crippen LogP contribution in [0.1, 0.15) is 13.3 Å². The van der Waals surface area contributed by atoms with Gasteiger partial charge in [0.25, 0.3) is 0 Å². The Bertz CT molecular complexity index is 223. The maximum atomic E-state index is 11.5. The van der Waals surface area contributed by atoms with Crippen molar-refractivity contribution in [2.75, 3.05) is 20.7 Å². The van der Waals surface area contributed by atoms with Gasteiger partial charge in [0.2, 0.25) is 5.91 Å². The zero-order valence-corrected chi connectivity index (χ0v) is 8.95. The summed E-state index contributed by atoms with van der Waals surface area (Å²) in [5.41, 5.74) is 0. The molecule has 0 aliphatic heterocycles. The molecule has 0 aromatic heterocycles. The summed E-state index contributed by atoms with van der Waals surface area (Å²) >= 11 is 0. The van der Waals surface area contributed by atoms with Crippen LogP contribution in [-0.2, 0) is 14.3 Å². The predicted molar refractivity (Wildman–Crippen MR) is 53.6 cm³/mol. The van der Waals surface area contributed by atoms with Crippen molar-refractivity contribution in [3.63, 3.8) is 0 Å². The minimum absolute atomic E-state index is 0.0638. The van der Waals surface area contributed by atoms with E-state index in [-0.39, 0.29) is 18.3 Å². The normalized spacial score (nSPS) is 11.6. The molecule has 0 aromatic rings. The molecule has 0 rings (SSSR count). The zero-order chi connectivity index (χ0) is 11.1. The molecule has 80 valence electrons. The maximum Gasteiger partial charge on any atom is 0.306 e. The molecular formula is C10H17NO3. The third kappa shape index (κ3) is 4.07. The Labute approximate surface area is 84.5 Å². The van der Waals surface area contributed by atoms with Crippen LogP contribution < -0.4 is 0 Å². The molecule has 0 saturated heterocycles. The van der Waals surface area contributed by atoms with E-state index in [0.29, 0.717) is 6.61 Å². The minimum Gasteiger partial charge on any atom is -0.466 e. The second kappa shape index (κ2) is 6.18. The molecule has 0 aromatic carbocycles. The quantitative estimate of drug-likeness (QED) is 0.486. The highest BCUT2D eigenvalue weighted by molar-refractivity contribution is 5.84. The number of hydrogen-bond acceptors (Lipinski definition) is 3. The molecule has 0 heterocycles. The van der Waals surface area contributed by atoms with Gasteiger partial charge in [-0.3, -0.25) is 9.59 Å². The van der Waals surface area contributed by atoms with Crippen molar-refractivity contribution < 1.29 is 14.3 Å². The molecule has 0 saturated carbocycles. The Balaban J connectivity index is 4.22. The second-order valence-corrected chi connectivity index (χ2v) is 3.08. The van der Waals surface area contributed by atoms with Gasteiger partial charge in [-0.2, -0.15) is 0 Å². The van der Waals surface area contributed by atoms with Crippen molar-refractivity contribution in [2.24, 2.45) is 5.92 Å². The van der Waals surface area contributed by atoms with Crippen LogP contribution in [0.4, 0.5) is 0 Å². The highest BCUT2D eigenvalue weighted by Crippen LogP contribution is 2.08. The van der Waals surface area contributed by atoms with Crippen molar-refractivity contribution in [3.8, 4) is 0 Å². The van der Waals surface area contributed by atoms with E-state index in [0.717, 1.165) is 0 Å². The average molecular weight is 199 g/mol. The molecule has 0 N–H and O–H groups in total. The first-order chi connectivity index (χ1) is 6.52. The van der Waals surface area contributed by atoms with Gasteiger partial charge in [0, 0.05) is 14.1 Å². The van der Waals surface area contributed by atoms with E-state index in [1.165, 1.54) is 11.0 Å². The number of amides is 1. The van der Waals surface area contributed by atoms with Gasteiger partial charge in [-0.1, -0.05) is 6.08 Å². The van der Waals surface area contributed by atoms with Gasteiger partial charge in [0.05, 0.1) is 18.9 Å². The molecule has 0 spiro atoms. The third-order valence-electron chi connectivity index (χ3n) is 1.73. The Kier molecular flexibility index (Phi) is 5.60. The molecule has 1 amide bonds. The summed E-state index contributed by atoms with van der Waals surface area (Å²) in [6.45, 7) is 5.59. The second-order valence-electron chi connectivity index (χ2n) is 3.08. The molecule has 0 fully saturated rings. The number of esters is 1. The summed E-state index contributed by atoms with van der Waals surface area (Å²) in [5, 5.41) is 0. The molecule has 0 aliphatic carbocycles. The largest absolute Gasteiger partial charge is 0.466 e. The summed E-state index contributed by atoms with van der Waals surface area (Å²) in [7, 11) is 3.29. The summed E-state index contributed by atoms with van der Waals surface area (Å²) in [5.74, 6) is -0.982. The topological polar surface area (TPSA) is 46.6 Å². The van der Waals surface area contributed by atoms with Gasteiger partial charge in [-0.25, -0.2) is 0 Å². The molecule has 1 unspecified atom stereocenters. The fourth-order valence-electron chi connectivity index (χ4n) is 1.00. The van der Waals surface area contributed by atoms with E-state index >= 15 is 0 Å². The summed E-state index contributed by atoms with van der Waals surface area (Å²) < 4.78 is 4.75. The number of hydrogen-bond donors (Lipinski definition) is 0. The number of ether oxygens (including phenoxy) is 1. The van der Waals surface area contributed by atoms with Gasteiger partial charge < -0.3 is 9.64 Å². The van der Waals surface area contributed by atoms with Gasteiger partial charge in [-0.05, 0) is 6.92 Å². The van der Waals surface area contributed by atoms with E-state index in [9.17, 15) is 9.59 Å². The maximum absolute atomic E-state index is 11.5. The lowest BCUT2D eigenvalue weighted by molar-refractivity contribution is -0.146. The van der Waals surface area contributed by atoms with E-state index in [4.69, 9.17) is 4.74 Å². The van der Waals surface area contributed by atoms with Crippen LogP contribution in [0.5, 0.6) is 0 Å². The zero-order valence-electron chi connectivity index (χ0n) is 8.95. The molecule has 14 heavy (non-hydrogen) atoms. The fourth-order valence-corrected chi connectivity index (χ4v) is 1.00. The standard InChI is InChI=1S/C10H17NO3/c1-5-8(10(13)11(3)4)7-9(12)14-6-2/h5,8H,1,6-7H2,2-4H3. The van der Waals surface area contributed by atoms with Crippen molar-refractivity contribution in [1.82, 2.24) is 4.90 Å². The first-order valence-corrected chi connectivity index (χ1v) is 4.52. The van der Waals surface area contributed by atoms with Crippen LogP contribution in [0, 0.1) is 5.92 Å². The molecular weight excluding hydrogens is 182 g/mol. The van der Waals surface area contributed by atoms with E-state index < -0.39 is 5.92 Å². The monoisotopic (exact) mass is 199 g/mol. The Morgan fingerprint density at radius 2 is 2.07 bits per heavy atom. The summed E-state index contributed by atoms with van der Waals surface area (Å²) in [6, 6.07) is 0. The van der Waals surface area contributed by atoms with Crippen LogP contribution in [0.25, 0.3) is 0 Å². The number of rotatable bonds is 5. The average Bonchev–Trinajstić information content (AvgIpc) is 2.13. The van der Waals surface area contributed by atoms with Gasteiger partial charge >= 0.3 is 5.97 Å². The minimum atomic E-state index is -0.482. The molecule has 4 nitrogen and oxygen atoms in total. The first kappa shape index (κ1) is 12.7. The summed E-state index contributed by atoms with van der Waals surface area (Å²) in [4.78, 5) is 24.0. The Hall–Kier alpha value is -1.32. The smallest absolute Gasteiger partial charge is 0.306 e. The number of carbonyl (C=O) groups is 2. The third-order valence-corrected chi connectivity index (χ3v) is 1.73. The molecule has 0 bridgehead atoms. The Morgan fingerprint density at radius 3 is 2.43 bits per heavy atom. The van der Waals surface area contributed by atoms with Crippen LogP contribution in [0.3, 0.4) is 0 Å². The lowest BCUT2D eigenvalue weighted by Crippen LogP contribution is -2.30. The predicted octanol–water partition coefficient (Wildman–Crippen LogP) is 0.830. The SMILES string of the molecule is C=CC(CC(=O)OCC)C(=O)N(C)C. The van der Waals surface area contributed by atoms with E-state index in [1.807, 2.05) is 0 Å². The van der Waals surface area contributed by atoms with Crippen LogP contribution >= 0.6 is 0 Å². The van der Waals surface area contributed by atoms with E-state index in [1.54, 1.807) is 21.0 Å². The van der Waals surface area contributed by atoms with Crippen LogP contribution in [0.2, 0.25) is 0 Å². The van der Waals surface area contributed by atoms with Gasteiger partial charge in [-0.15, -0.1) is 6.58 Å². The van der Waals surface area contributed by atoms with Crippen LogP contribution in [-0.4, -0.2) is 37.5 Å². The van der Waals surface area contributed by atoms with Crippen molar-refractivity contribution in [1.29, 1.82) is 0 Å². The molecule has 0 radical (unpaired) electrons. The number of nitrogens with zero attached hydrogens (tertiary/aromatic N) is 1. The van der Waals surface area contributed by atoms with Crippen molar-refractivity contribution in [2.45, 2.75) is 13.3 Å². The molecule has 4 heteroatoms. The Morgan fingerprint density at radius 1 is 1.50 bits per heavy atom. The highest BCUT2D eigenvalue weighted by atomic mass is 16.5. The van der Waals surface area contributed by atoms with Gasteiger partial charge in [0.1, 0.15) is 0 Å². The first-order valence-electron chi connectivity index (χ1n) is 4.52. The van der Waals surface area contributed by atoms with Crippen LogP contribution in [0.15, 0.2) is 12.7 Å². The van der Waals surface area contributed by atoms with Gasteiger partial charge in [0.15, 0.2) is 0 Å². The number of carbonyl (C=O) groups excluding carboxylic acids is 2. The fraction of sp³-hybridized carbons (Fsp3) is 0.600. The van der Waals surface area contributed by atoms with Crippen molar-refractivity contribution >= 4 is 11.9 Å².